The molecule has 0 radical (unpaired) electrons. The van der Waals surface area contributed by atoms with Crippen molar-refractivity contribution < 1.29 is 36.2 Å². The van der Waals surface area contributed by atoms with Crippen molar-refractivity contribution in [2.75, 3.05) is 38.2 Å². The molecule has 9 nitrogen and oxygen atoms in total. The number of halogens is 6. The zero-order valence-electron chi connectivity index (χ0n) is 24.1. The smallest absolute Gasteiger partial charge is 0.417 e. The SMILES string of the molecule is CC[C@@H]1CN(c2nc(OC[C@@H]3C[C@@H](F)CN3C)nc3c(F)c(-c4c(C(F)(F)F)c(C)cc5[nH]ncc45)c(F)cc23)C[C@@H](O)N1. The highest BCUT2D eigenvalue weighted by Gasteiger charge is 2.39. The van der Waals surface area contributed by atoms with Crippen molar-refractivity contribution in [3.05, 3.63) is 41.1 Å². The van der Waals surface area contributed by atoms with Gasteiger partial charge in [-0.2, -0.15) is 28.2 Å². The van der Waals surface area contributed by atoms with E-state index in [2.05, 4.69) is 25.5 Å². The molecule has 2 saturated heterocycles. The monoisotopic (exact) mass is 623 g/mol. The number of aliphatic hydroxyl groups excluding tert-OH is 1. The van der Waals surface area contributed by atoms with Crippen molar-refractivity contribution in [3.63, 3.8) is 0 Å². The molecule has 2 aliphatic heterocycles. The van der Waals surface area contributed by atoms with Crippen LogP contribution in [0.15, 0.2) is 18.3 Å². The number of fused-ring (bicyclic) bond motifs is 2. The van der Waals surface area contributed by atoms with E-state index in [-0.39, 0.29) is 71.9 Å². The van der Waals surface area contributed by atoms with Crippen LogP contribution < -0.4 is 15.0 Å². The number of aromatic amines is 1. The maximum Gasteiger partial charge on any atom is 0.417 e. The Morgan fingerprint density at radius 1 is 1.09 bits per heavy atom. The molecule has 0 unspecified atom stereocenters. The van der Waals surface area contributed by atoms with Crippen LogP contribution in [0.5, 0.6) is 6.01 Å². The molecule has 2 aliphatic rings. The number of aliphatic hydroxyl groups is 1. The van der Waals surface area contributed by atoms with E-state index in [0.29, 0.717) is 13.0 Å². The fraction of sp³-hybridized carbons (Fsp3) is 0.483. The van der Waals surface area contributed by atoms with E-state index >= 15 is 8.78 Å². The molecule has 4 heterocycles. The second-order valence-corrected chi connectivity index (χ2v) is 11.5. The molecule has 4 atom stereocenters. The Hall–Kier alpha value is -3.69. The van der Waals surface area contributed by atoms with E-state index in [1.807, 2.05) is 6.92 Å². The molecule has 2 fully saturated rings. The highest BCUT2D eigenvalue weighted by molar-refractivity contribution is 6.01. The summed E-state index contributed by atoms with van der Waals surface area (Å²) >= 11 is 0. The number of likely N-dealkylation sites (tertiary alicyclic amines) is 1. The molecule has 236 valence electrons. The second kappa shape index (κ2) is 11.3. The number of ether oxygens (including phenoxy) is 1. The predicted molar refractivity (Wildman–Crippen MR) is 151 cm³/mol. The first kappa shape index (κ1) is 30.3. The summed E-state index contributed by atoms with van der Waals surface area (Å²) in [7, 11) is 1.73. The Kier molecular flexibility index (Phi) is 7.82. The van der Waals surface area contributed by atoms with E-state index in [9.17, 15) is 22.7 Å². The van der Waals surface area contributed by atoms with E-state index in [1.54, 1.807) is 16.8 Å². The molecular formula is C29H31F6N7O2. The lowest BCUT2D eigenvalue weighted by molar-refractivity contribution is -0.137. The minimum atomic E-state index is -4.95. The molecule has 2 aromatic heterocycles. The van der Waals surface area contributed by atoms with Gasteiger partial charge in [0.2, 0.25) is 0 Å². The summed E-state index contributed by atoms with van der Waals surface area (Å²) < 4.78 is 95.7. The van der Waals surface area contributed by atoms with Crippen molar-refractivity contribution in [2.45, 2.75) is 57.3 Å². The standard InChI is InChI=1S/C29H31F6N7O2/c1-4-15-10-42(11-21(43)37-15)27-17-7-19(31)23(22-18-8-36-40-20(18)5-13(2)24(22)29(33,34)35)25(32)26(17)38-28(39-27)44-12-16-6-14(30)9-41(16)3/h5,7-8,14-16,21,37,43H,4,6,9-12H2,1-3H3,(H,36,40)/t14-,15-,16+,21-/m1/s1. The summed E-state index contributed by atoms with van der Waals surface area (Å²) in [5.74, 6) is -2.54. The van der Waals surface area contributed by atoms with Gasteiger partial charge in [-0.05, 0) is 44.5 Å². The maximum absolute atomic E-state index is 16.6. The average Bonchev–Trinajstić information content (AvgIpc) is 3.55. The number of β-amino-alcohol motifs (C(OH)–C–C–N with tert-alkyl or cyclic N) is 1. The zero-order chi connectivity index (χ0) is 31.5. The van der Waals surface area contributed by atoms with Crippen molar-refractivity contribution in [1.82, 2.24) is 30.4 Å². The van der Waals surface area contributed by atoms with Gasteiger partial charge in [-0.3, -0.25) is 15.3 Å². The molecule has 0 amide bonds. The summed E-state index contributed by atoms with van der Waals surface area (Å²) in [5.41, 5.74) is -3.36. The van der Waals surface area contributed by atoms with Crippen LogP contribution in [0.4, 0.5) is 32.2 Å². The first-order chi connectivity index (χ1) is 20.8. The highest BCUT2D eigenvalue weighted by Crippen LogP contribution is 2.46. The lowest BCUT2D eigenvalue weighted by Crippen LogP contribution is -2.56. The number of piperazine rings is 1. The van der Waals surface area contributed by atoms with Crippen molar-refractivity contribution >= 4 is 27.6 Å². The number of H-pyrrole nitrogens is 1. The van der Waals surface area contributed by atoms with Gasteiger partial charge in [-0.1, -0.05) is 6.92 Å². The van der Waals surface area contributed by atoms with Gasteiger partial charge < -0.3 is 14.7 Å². The molecule has 2 aromatic carbocycles. The number of aromatic nitrogens is 4. The highest BCUT2D eigenvalue weighted by atomic mass is 19.4. The number of nitrogens with zero attached hydrogens (tertiary/aromatic N) is 5. The van der Waals surface area contributed by atoms with Crippen molar-refractivity contribution in [3.8, 4) is 17.1 Å². The maximum atomic E-state index is 16.6. The van der Waals surface area contributed by atoms with Gasteiger partial charge in [0.1, 0.15) is 36.2 Å². The number of nitrogens with one attached hydrogen (secondary N) is 2. The number of likely N-dealkylation sites (N-methyl/N-ethyl adjacent to an activating group) is 1. The summed E-state index contributed by atoms with van der Waals surface area (Å²) in [4.78, 5) is 12.0. The minimum Gasteiger partial charge on any atom is -0.462 e. The van der Waals surface area contributed by atoms with Gasteiger partial charge in [0.25, 0.3) is 0 Å². The topological polar surface area (TPSA) is 102 Å². The number of hydrogen-bond donors (Lipinski definition) is 3. The largest absolute Gasteiger partial charge is 0.462 e. The molecule has 0 aliphatic carbocycles. The van der Waals surface area contributed by atoms with Gasteiger partial charge in [-0.15, -0.1) is 0 Å². The van der Waals surface area contributed by atoms with Crippen LogP contribution >= 0.6 is 0 Å². The molecule has 6 rings (SSSR count). The Bertz CT molecular complexity index is 1710. The lowest BCUT2D eigenvalue weighted by Gasteiger charge is -2.37. The number of benzene rings is 2. The van der Waals surface area contributed by atoms with E-state index < -0.39 is 52.4 Å². The third-order valence-electron chi connectivity index (χ3n) is 8.42. The molecular weight excluding hydrogens is 592 g/mol. The minimum absolute atomic E-state index is 0.00762. The summed E-state index contributed by atoms with van der Waals surface area (Å²) in [6.07, 6.45) is -5.06. The molecule has 0 bridgehead atoms. The van der Waals surface area contributed by atoms with Crippen LogP contribution in [-0.2, 0) is 6.18 Å². The zero-order valence-corrected chi connectivity index (χ0v) is 24.1. The Labute approximate surface area is 248 Å². The van der Waals surface area contributed by atoms with E-state index in [1.165, 1.54) is 13.0 Å². The lowest BCUT2D eigenvalue weighted by atomic mass is 9.91. The molecule has 3 N–H and O–H groups in total. The summed E-state index contributed by atoms with van der Waals surface area (Å²) in [6.45, 7) is 3.60. The van der Waals surface area contributed by atoms with Gasteiger partial charge >= 0.3 is 12.2 Å². The average molecular weight is 624 g/mol. The Morgan fingerprint density at radius 3 is 2.55 bits per heavy atom. The fourth-order valence-corrected chi connectivity index (χ4v) is 6.27. The first-order valence-electron chi connectivity index (χ1n) is 14.3. The van der Waals surface area contributed by atoms with E-state index in [0.717, 1.165) is 12.3 Å². The van der Waals surface area contributed by atoms with E-state index in [4.69, 9.17) is 4.74 Å². The quantitative estimate of drug-likeness (QED) is 0.266. The fourth-order valence-electron chi connectivity index (χ4n) is 6.27. The normalized spacial score (nSPS) is 23.3. The number of anilines is 1. The third-order valence-corrected chi connectivity index (χ3v) is 8.42. The van der Waals surface area contributed by atoms with Crippen LogP contribution in [0.2, 0.25) is 0 Å². The molecule has 0 saturated carbocycles. The first-order valence-corrected chi connectivity index (χ1v) is 14.3. The van der Waals surface area contributed by atoms with Crippen LogP contribution in [0.3, 0.4) is 0 Å². The van der Waals surface area contributed by atoms with Crippen molar-refractivity contribution in [2.24, 2.45) is 0 Å². The predicted octanol–water partition coefficient (Wildman–Crippen LogP) is 4.71. The Balaban J connectivity index is 1.56. The molecule has 15 heteroatoms. The molecule has 44 heavy (non-hydrogen) atoms. The van der Waals surface area contributed by atoms with Gasteiger partial charge in [0, 0.05) is 41.5 Å². The van der Waals surface area contributed by atoms with Crippen LogP contribution in [0.25, 0.3) is 32.9 Å². The summed E-state index contributed by atoms with van der Waals surface area (Å²) in [6, 6.07) is 1.32. The number of alkyl halides is 4. The number of hydrogen-bond acceptors (Lipinski definition) is 8. The van der Waals surface area contributed by atoms with Gasteiger partial charge in [0.15, 0.2) is 5.82 Å². The number of aryl methyl sites for hydroxylation is 1. The molecule has 4 aromatic rings. The van der Waals surface area contributed by atoms with Gasteiger partial charge in [0.05, 0.1) is 29.4 Å². The van der Waals surface area contributed by atoms with Crippen LogP contribution in [-0.4, -0.2) is 87.9 Å². The Morgan fingerprint density at radius 2 is 1.86 bits per heavy atom. The molecule has 0 spiro atoms. The van der Waals surface area contributed by atoms with Gasteiger partial charge in [-0.25, -0.2) is 13.2 Å². The summed E-state index contributed by atoms with van der Waals surface area (Å²) in [5, 5.41) is 19.7. The second-order valence-electron chi connectivity index (χ2n) is 11.5. The van der Waals surface area contributed by atoms with Crippen LogP contribution in [0, 0.1) is 18.6 Å². The van der Waals surface area contributed by atoms with Crippen molar-refractivity contribution in [1.29, 1.82) is 0 Å². The number of rotatable bonds is 6. The third kappa shape index (κ3) is 5.41. The van der Waals surface area contributed by atoms with Crippen LogP contribution in [0.1, 0.15) is 30.9 Å².